The molecule has 0 saturated carbocycles. The van der Waals surface area contributed by atoms with Crippen LogP contribution in [0.15, 0.2) is 52.5 Å². The monoisotopic (exact) mass is 385 g/mol. The predicted molar refractivity (Wildman–Crippen MR) is 105 cm³/mol. The molecular weight excluding hydrogens is 362 g/mol. The minimum atomic E-state index is -0.138. The summed E-state index contributed by atoms with van der Waals surface area (Å²) in [4.78, 5) is 15.4. The molecule has 4 rings (SSSR count). The maximum absolute atomic E-state index is 12.0. The first-order valence-corrected chi connectivity index (χ1v) is 10.1. The van der Waals surface area contributed by atoms with Crippen molar-refractivity contribution in [2.24, 2.45) is 0 Å². The van der Waals surface area contributed by atoms with E-state index >= 15 is 0 Å². The van der Waals surface area contributed by atoms with Crippen LogP contribution in [0, 0.1) is 0 Å². The zero-order valence-corrected chi connectivity index (χ0v) is 16.1. The van der Waals surface area contributed by atoms with E-state index in [2.05, 4.69) is 16.3 Å². The molecule has 1 aliphatic rings. The van der Waals surface area contributed by atoms with Gasteiger partial charge in [-0.25, -0.2) is 0 Å². The van der Waals surface area contributed by atoms with E-state index in [4.69, 9.17) is 13.9 Å². The normalized spacial score (nSPS) is 18.6. The van der Waals surface area contributed by atoms with Crippen molar-refractivity contribution < 1.29 is 18.7 Å². The molecule has 0 aliphatic carbocycles. The van der Waals surface area contributed by atoms with Crippen LogP contribution in [0.1, 0.15) is 30.2 Å². The third kappa shape index (κ3) is 3.87. The van der Waals surface area contributed by atoms with Crippen LogP contribution < -0.4 is 4.74 Å². The first kappa shape index (κ1) is 18.1. The van der Waals surface area contributed by atoms with Gasteiger partial charge in [-0.05, 0) is 43.0 Å². The lowest BCUT2D eigenvalue weighted by molar-refractivity contribution is -0.145. The van der Waals surface area contributed by atoms with Gasteiger partial charge in [0.2, 0.25) is 0 Å². The Morgan fingerprint density at radius 2 is 2.26 bits per heavy atom. The number of benzene rings is 1. The van der Waals surface area contributed by atoms with Gasteiger partial charge in [0, 0.05) is 23.2 Å². The van der Waals surface area contributed by atoms with Crippen LogP contribution in [0.5, 0.6) is 5.75 Å². The zero-order chi connectivity index (χ0) is 18.6. The van der Waals surface area contributed by atoms with Gasteiger partial charge < -0.3 is 13.9 Å². The van der Waals surface area contributed by atoms with Crippen LogP contribution in [-0.4, -0.2) is 37.1 Å². The van der Waals surface area contributed by atoms with Crippen LogP contribution in [0.4, 0.5) is 0 Å². The number of methoxy groups -OCH3 is 1. The quantitative estimate of drug-likeness (QED) is 0.555. The maximum atomic E-state index is 12.0. The fourth-order valence-electron chi connectivity index (χ4n) is 3.73. The summed E-state index contributed by atoms with van der Waals surface area (Å²) in [6, 6.07) is 11.9. The average molecular weight is 385 g/mol. The van der Waals surface area contributed by atoms with Crippen molar-refractivity contribution in [3.63, 3.8) is 0 Å². The Hall–Kier alpha value is -2.31. The lowest BCUT2D eigenvalue weighted by Gasteiger charge is -2.25. The van der Waals surface area contributed by atoms with Crippen LogP contribution in [0.3, 0.4) is 0 Å². The van der Waals surface area contributed by atoms with E-state index in [1.807, 2.05) is 30.3 Å². The van der Waals surface area contributed by atoms with Crippen molar-refractivity contribution in [1.82, 2.24) is 4.90 Å². The fourth-order valence-corrected chi connectivity index (χ4v) is 4.51. The molecule has 0 bridgehead atoms. The Morgan fingerprint density at radius 1 is 1.33 bits per heavy atom. The molecule has 6 heteroatoms. The lowest BCUT2D eigenvalue weighted by atomic mass is 10.1. The molecule has 1 aliphatic heterocycles. The molecule has 27 heavy (non-hydrogen) atoms. The molecule has 2 aromatic heterocycles. The summed E-state index contributed by atoms with van der Waals surface area (Å²) in [6.07, 6.45) is 4.28. The minimum Gasteiger partial charge on any atom is -0.481 e. The Bertz CT molecular complexity index is 889. The first-order valence-electron chi connectivity index (χ1n) is 9.24. The number of fused-ring (bicyclic) bond motifs is 1. The van der Waals surface area contributed by atoms with Gasteiger partial charge in [0.1, 0.15) is 12.1 Å². The number of esters is 1. The number of carbonyl (C=O) groups is 1. The highest BCUT2D eigenvalue weighted by Crippen LogP contribution is 2.34. The molecule has 0 spiro atoms. The third-order valence-corrected chi connectivity index (χ3v) is 6.05. The average Bonchev–Trinajstić information content (AvgIpc) is 3.45. The number of carbonyl (C=O) groups excluding carboxylic acids is 1. The summed E-state index contributed by atoms with van der Waals surface area (Å²) < 4.78 is 17.0. The number of ether oxygens (including phenoxy) is 2. The molecule has 0 N–H and O–H groups in total. The summed E-state index contributed by atoms with van der Waals surface area (Å²) in [5.74, 6) is 0.614. The summed E-state index contributed by atoms with van der Waals surface area (Å²) >= 11 is 1.69. The molecule has 5 nitrogen and oxygen atoms in total. The van der Waals surface area contributed by atoms with Gasteiger partial charge in [-0.15, -0.1) is 11.3 Å². The molecule has 0 amide bonds. The molecule has 3 heterocycles. The topological polar surface area (TPSA) is 51.9 Å². The van der Waals surface area contributed by atoms with E-state index in [1.165, 1.54) is 12.0 Å². The van der Waals surface area contributed by atoms with Gasteiger partial charge in [0.05, 0.1) is 13.4 Å². The van der Waals surface area contributed by atoms with Crippen molar-refractivity contribution in [3.8, 4) is 5.75 Å². The Labute approximate surface area is 162 Å². The summed E-state index contributed by atoms with van der Waals surface area (Å²) in [6.45, 7) is 1.71. The van der Waals surface area contributed by atoms with Crippen molar-refractivity contribution in [2.75, 3.05) is 20.2 Å². The van der Waals surface area contributed by atoms with Crippen LogP contribution in [0.2, 0.25) is 0 Å². The second-order valence-electron chi connectivity index (χ2n) is 6.72. The lowest BCUT2D eigenvalue weighted by Crippen LogP contribution is -2.38. The molecular formula is C21H23NO4S. The highest BCUT2D eigenvalue weighted by atomic mass is 32.1. The summed E-state index contributed by atoms with van der Waals surface area (Å²) in [7, 11) is 1.46. The highest BCUT2D eigenvalue weighted by molar-refractivity contribution is 7.10. The van der Waals surface area contributed by atoms with E-state index < -0.39 is 0 Å². The summed E-state index contributed by atoms with van der Waals surface area (Å²) in [5.41, 5.74) is 0.771. The van der Waals surface area contributed by atoms with E-state index in [-0.39, 0.29) is 18.1 Å². The van der Waals surface area contributed by atoms with Gasteiger partial charge in [-0.1, -0.05) is 18.2 Å². The van der Waals surface area contributed by atoms with Gasteiger partial charge in [0.25, 0.3) is 0 Å². The molecule has 1 saturated heterocycles. The number of furan rings is 1. The highest BCUT2D eigenvalue weighted by Gasteiger charge is 2.32. The van der Waals surface area contributed by atoms with Gasteiger partial charge >= 0.3 is 5.97 Å². The Morgan fingerprint density at radius 3 is 3.07 bits per heavy atom. The molecule has 0 radical (unpaired) electrons. The number of hydrogen-bond acceptors (Lipinski definition) is 6. The standard InChI is InChI=1S/C21H23NO4S/c1-24-21(23)16-6-3-11-22(16)12-9-17(19-8-4-14-27-19)26-18-7-2-5-15-10-13-25-20(15)18/h2,4-5,7-8,10,13-14,16-17H,3,6,9,11-12H2,1H3/t16-,17-/m0/s1. The van der Waals surface area contributed by atoms with E-state index in [0.29, 0.717) is 0 Å². The zero-order valence-electron chi connectivity index (χ0n) is 15.3. The predicted octanol–water partition coefficient (Wildman–Crippen LogP) is 4.64. The number of likely N-dealkylation sites (tertiary alicyclic amines) is 1. The molecule has 0 unspecified atom stereocenters. The van der Waals surface area contributed by atoms with Crippen LogP contribution in [-0.2, 0) is 9.53 Å². The van der Waals surface area contributed by atoms with Crippen LogP contribution >= 0.6 is 11.3 Å². The number of hydrogen-bond donors (Lipinski definition) is 0. The van der Waals surface area contributed by atoms with Crippen molar-refractivity contribution in [3.05, 3.63) is 52.9 Å². The van der Waals surface area contributed by atoms with Gasteiger partial charge in [-0.3, -0.25) is 9.69 Å². The Balaban J connectivity index is 1.50. The first-order chi connectivity index (χ1) is 13.3. The van der Waals surface area contributed by atoms with Gasteiger partial charge in [-0.2, -0.15) is 0 Å². The van der Waals surface area contributed by atoms with Crippen molar-refractivity contribution in [1.29, 1.82) is 0 Å². The van der Waals surface area contributed by atoms with E-state index in [9.17, 15) is 4.79 Å². The Kier molecular flexibility index (Phi) is 5.45. The largest absolute Gasteiger partial charge is 0.481 e. The molecule has 2 atom stereocenters. The van der Waals surface area contributed by atoms with Gasteiger partial charge in [0.15, 0.2) is 11.3 Å². The second-order valence-corrected chi connectivity index (χ2v) is 7.70. The number of para-hydroxylation sites is 1. The fraction of sp³-hybridized carbons (Fsp3) is 0.381. The third-order valence-electron chi connectivity index (χ3n) is 5.09. The number of thiophene rings is 1. The van der Waals surface area contributed by atoms with E-state index in [1.54, 1.807) is 17.6 Å². The van der Waals surface area contributed by atoms with Crippen molar-refractivity contribution >= 4 is 28.3 Å². The van der Waals surface area contributed by atoms with E-state index in [0.717, 1.165) is 49.1 Å². The SMILES string of the molecule is COC(=O)[C@@H]1CCCN1CC[C@H](Oc1cccc2ccoc12)c1cccs1. The smallest absolute Gasteiger partial charge is 0.323 e. The number of nitrogens with zero attached hydrogens (tertiary/aromatic N) is 1. The molecule has 142 valence electrons. The van der Waals surface area contributed by atoms with Crippen LogP contribution in [0.25, 0.3) is 11.0 Å². The number of rotatable bonds is 7. The summed E-state index contributed by atoms with van der Waals surface area (Å²) in [5, 5.41) is 3.09. The second kappa shape index (κ2) is 8.15. The molecule has 1 aromatic carbocycles. The van der Waals surface area contributed by atoms with Crippen molar-refractivity contribution in [2.45, 2.75) is 31.4 Å². The maximum Gasteiger partial charge on any atom is 0.323 e. The molecule has 3 aromatic rings. The minimum absolute atomic E-state index is 0.0837. The molecule has 1 fully saturated rings.